The normalized spacial score (nSPS) is 18.6. The van der Waals surface area contributed by atoms with Gasteiger partial charge in [-0.15, -0.1) is 0 Å². The number of carbonyl (C=O) groups is 3. The molecule has 0 radical (unpaired) electrons. The van der Waals surface area contributed by atoms with Crippen molar-refractivity contribution in [2.24, 2.45) is 0 Å². The average Bonchev–Trinajstić information content (AvgIpc) is 2.37. The highest BCUT2D eigenvalue weighted by Crippen LogP contribution is 2.23. The van der Waals surface area contributed by atoms with Crippen LogP contribution in [0.5, 0.6) is 0 Å². The van der Waals surface area contributed by atoms with Gasteiger partial charge < -0.3 is 15.3 Å². The third-order valence-electron chi connectivity index (χ3n) is 2.89. The molecule has 0 aromatic heterocycles. The van der Waals surface area contributed by atoms with Gasteiger partial charge in [-0.2, -0.15) is 0 Å². The standard InChI is InChI=1S/C12H10Cl2N2O4/c13-6-1-2-7(8(14)3-6)11(18)16-5-10(17)15-4-9(16)12(19)20/h1-3,9H,4-5H2,(H,15,17)(H,19,20). The lowest BCUT2D eigenvalue weighted by Gasteiger charge is -2.32. The quantitative estimate of drug-likeness (QED) is 0.852. The SMILES string of the molecule is O=C1CN(C(=O)c2ccc(Cl)cc2Cl)C(C(=O)O)CN1. The zero-order chi connectivity index (χ0) is 14.9. The summed E-state index contributed by atoms with van der Waals surface area (Å²) in [6.45, 7) is -0.458. The summed E-state index contributed by atoms with van der Waals surface area (Å²) in [5.41, 5.74) is 0.108. The van der Waals surface area contributed by atoms with E-state index in [1.165, 1.54) is 18.2 Å². The van der Waals surface area contributed by atoms with E-state index in [2.05, 4.69) is 5.32 Å². The lowest BCUT2D eigenvalue weighted by Crippen LogP contribution is -2.59. The van der Waals surface area contributed by atoms with Crippen LogP contribution in [0.25, 0.3) is 0 Å². The van der Waals surface area contributed by atoms with Gasteiger partial charge in [0.05, 0.1) is 10.6 Å². The number of hydrogen-bond acceptors (Lipinski definition) is 3. The molecule has 2 rings (SSSR count). The van der Waals surface area contributed by atoms with Crippen LogP contribution in [0.4, 0.5) is 0 Å². The van der Waals surface area contributed by atoms with E-state index < -0.39 is 23.8 Å². The molecule has 0 saturated carbocycles. The van der Waals surface area contributed by atoms with Gasteiger partial charge in [0, 0.05) is 11.6 Å². The number of amides is 2. The largest absolute Gasteiger partial charge is 0.480 e. The summed E-state index contributed by atoms with van der Waals surface area (Å²) in [7, 11) is 0. The molecule has 1 aliphatic rings. The molecule has 0 bridgehead atoms. The smallest absolute Gasteiger partial charge is 0.328 e. The first-order valence-corrected chi connectivity index (χ1v) is 6.41. The van der Waals surface area contributed by atoms with Gasteiger partial charge in [0.1, 0.15) is 12.6 Å². The molecule has 20 heavy (non-hydrogen) atoms. The first kappa shape index (κ1) is 14.6. The summed E-state index contributed by atoms with van der Waals surface area (Å²) in [6, 6.07) is 3.14. The Bertz CT molecular complexity index is 591. The minimum absolute atomic E-state index is 0.108. The van der Waals surface area contributed by atoms with Gasteiger partial charge in [0.15, 0.2) is 0 Å². The van der Waals surface area contributed by atoms with Gasteiger partial charge in [0.25, 0.3) is 5.91 Å². The zero-order valence-electron chi connectivity index (χ0n) is 10.1. The number of rotatable bonds is 2. The number of hydrogen-bond donors (Lipinski definition) is 2. The van der Waals surface area contributed by atoms with Crippen molar-refractivity contribution in [3.8, 4) is 0 Å². The van der Waals surface area contributed by atoms with Crippen molar-refractivity contribution < 1.29 is 19.5 Å². The number of aliphatic carboxylic acids is 1. The number of benzene rings is 1. The summed E-state index contributed by atoms with van der Waals surface area (Å²) >= 11 is 11.7. The predicted molar refractivity (Wildman–Crippen MR) is 71.9 cm³/mol. The summed E-state index contributed by atoms with van der Waals surface area (Å²) < 4.78 is 0. The van der Waals surface area contributed by atoms with Gasteiger partial charge in [-0.05, 0) is 18.2 Å². The van der Waals surface area contributed by atoms with E-state index >= 15 is 0 Å². The maximum Gasteiger partial charge on any atom is 0.328 e. The minimum atomic E-state index is -1.19. The summed E-state index contributed by atoms with van der Waals surface area (Å²) in [4.78, 5) is 35.8. The van der Waals surface area contributed by atoms with Crippen molar-refractivity contribution in [1.82, 2.24) is 10.2 Å². The van der Waals surface area contributed by atoms with Gasteiger partial charge in [-0.25, -0.2) is 4.79 Å². The molecule has 0 aliphatic carbocycles. The Hall–Kier alpha value is -1.79. The number of carboxylic acid groups (broad SMARTS) is 1. The van der Waals surface area contributed by atoms with Crippen molar-refractivity contribution in [3.63, 3.8) is 0 Å². The van der Waals surface area contributed by atoms with Gasteiger partial charge in [-0.3, -0.25) is 9.59 Å². The molecule has 1 fully saturated rings. The molecule has 1 saturated heterocycles. The fraction of sp³-hybridized carbons (Fsp3) is 0.250. The molecule has 1 atom stereocenters. The minimum Gasteiger partial charge on any atom is -0.480 e. The Morgan fingerprint density at radius 3 is 2.65 bits per heavy atom. The number of halogens is 2. The van der Waals surface area contributed by atoms with Gasteiger partial charge >= 0.3 is 5.97 Å². The van der Waals surface area contributed by atoms with Crippen molar-refractivity contribution in [1.29, 1.82) is 0 Å². The predicted octanol–water partition coefficient (Wildman–Crippen LogP) is 1.02. The van der Waals surface area contributed by atoms with Crippen LogP contribution in [-0.4, -0.2) is 46.9 Å². The van der Waals surface area contributed by atoms with Crippen LogP contribution in [0.3, 0.4) is 0 Å². The Balaban J connectivity index is 2.33. The van der Waals surface area contributed by atoms with Crippen molar-refractivity contribution >= 4 is 41.0 Å². The van der Waals surface area contributed by atoms with Crippen LogP contribution in [-0.2, 0) is 9.59 Å². The van der Waals surface area contributed by atoms with E-state index in [1.54, 1.807) is 0 Å². The lowest BCUT2D eigenvalue weighted by atomic mass is 10.1. The average molecular weight is 317 g/mol. The maximum atomic E-state index is 12.3. The second-order valence-electron chi connectivity index (χ2n) is 4.22. The molecule has 1 heterocycles. The first-order valence-electron chi connectivity index (χ1n) is 5.65. The van der Waals surface area contributed by atoms with Crippen LogP contribution in [0.15, 0.2) is 18.2 Å². The molecule has 1 unspecified atom stereocenters. The van der Waals surface area contributed by atoms with Crippen LogP contribution in [0, 0.1) is 0 Å². The third-order valence-corrected chi connectivity index (χ3v) is 3.44. The monoisotopic (exact) mass is 316 g/mol. The number of carbonyl (C=O) groups excluding carboxylic acids is 2. The molecule has 1 aromatic rings. The maximum absolute atomic E-state index is 12.3. The Labute approximate surface area is 124 Å². The fourth-order valence-electron chi connectivity index (χ4n) is 1.89. The van der Waals surface area contributed by atoms with Crippen LogP contribution < -0.4 is 5.32 Å². The Kier molecular flexibility index (Phi) is 4.15. The van der Waals surface area contributed by atoms with Crippen molar-refractivity contribution in [3.05, 3.63) is 33.8 Å². The highest BCUT2D eigenvalue weighted by atomic mass is 35.5. The van der Waals surface area contributed by atoms with Crippen molar-refractivity contribution in [2.75, 3.05) is 13.1 Å². The van der Waals surface area contributed by atoms with Crippen LogP contribution >= 0.6 is 23.2 Å². The summed E-state index contributed by atoms with van der Waals surface area (Å²) in [5, 5.41) is 12.0. The lowest BCUT2D eigenvalue weighted by molar-refractivity contribution is -0.144. The van der Waals surface area contributed by atoms with Gasteiger partial charge in [0.2, 0.25) is 5.91 Å². The van der Waals surface area contributed by atoms with E-state index in [4.69, 9.17) is 28.3 Å². The van der Waals surface area contributed by atoms with E-state index in [1.807, 2.05) is 0 Å². The molecule has 0 spiro atoms. The first-order chi connectivity index (χ1) is 9.40. The molecular formula is C12H10Cl2N2O4. The molecule has 6 nitrogen and oxygen atoms in total. The number of carboxylic acids is 1. The highest BCUT2D eigenvalue weighted by molar-refractivity contribution is 6.36. The third kappa shape index (κ3) is 2.86. The number of piperazine rings is 1. The molecule has 1 aliphatic heterocycles. The Morgan fingerprint density at radius 1 is 1.35 bits per heavy atom. The number of nitrogens with one attached hydrogen (secondary N) is 1. The van der Waals surface area contributed by atoms with Crippen LogP contribution in [0.1, 0.15) is 10.4 Å². The zero-order valence-corrected chi connectivity index (χ0v) is 11.6. The molecule has 8 heteroatoms. The van der Waals surface area contributed by atoms with E-state index in [-0.39, 0.29) is 23.7 Å². The molecular weight excluding hydrogens is 307 g/mol. The topological polar surface area (TPSA) is 86.7 Å². The van der Waals surface area contributed by atoms with Crippen LogP contribution in [0.2, 0.25) is 10.0 Å². The summed E-state index contributed by atoms with van der Waals surface area (Å²) in [6.07, 6.45) is 0. The van der Waals surface area contributed by atoms with E-state index in [0.717, 1.165) is 4.90 Å². The summed E-state index contributed by atoms with van der Waals surface area (Å²) in [5.74, 6) is -2.22. The molecule has 2 N–H and O–H groups in total. The Morgan fingerprint density at radius 2 is 2.05 bits per heavy atom. The van der Waals surface area contributed by atoms with E-state index in [9.17, 15) is 14.4 Å². The van der Waals surface area contributed by atoms with E-state index in [0.29, 0.717) is 5.02 Å². The molecule has 2 amide bonds. The fourth-order valence-corrected chi connectivity index (χ4v) is 2.38. The number of nitrogens with zero attached hydrogens (tertiary/aromatic N) is 1. The van der Waals surface area contributed by atoms with Gasteiger partial charge in [-0.1, -0.05) is 23.2 Å². The van der Waals surface area contributed by atoms with Crippen molar-refractivity contribution in [2.45, 2.75) is 6.04 Å². The second-order valence-corrected chi connectivity index (χ2v) is 5.06. The second kappa shape index (κ2) is 5.68. The highest BCUT2D eigenvalue weighted by Gasteiger charge is 2.36. The molecule has 1 aromatic carbocycles. The molecule has 106 valence electrons.